The van der Waals surface area contributed by atoms with Gasteiger partial charge in [-0.2, -0.15) is 0 Å². The number of aliphatic imine (C=N–C) groups is 1. The van der Waals surface area contributed by atoms with Gasteiger partial charge >= 0.3 is 0 Å². The molecule has 2 fully saturated rings. The first kappa shape index (κ1) is 22.6. The second-order valence-electron chi connectivity index (χ2n) is 7.06. The average Bonchev–Trinajstić information content (AvgIpc) is 3.22. The van der Waals surface area contributed by atoms with Crippen LogP contribution < -0.4 is 10.2 Å². The molecule has 0 saturated carbocycles. The molecule has 1 atom stereocenters. The Balaban J connectivity index is 0.00000280. The van der Waals surface area contributed by atoms with Crippen LogP contribution in [-0.4, -0.2) is 98.2 Å². The van der Waals surface area contributed by atoms with Crippen LogP contribution in [0.5, 0.6) is 0 Å². The van der Waals surface area contributed by atoms with Crippen molar-refractivity contribution in [3.8, 4) is 0 Å². The van der Waals surface area contributed by atoms with Gasteiger partial charge in [0.15, 0.2) is 5.96 Å². The quantitative estimate of drug-likeness (QED) is 0.351. The Bertz CT molecular complexity index is 630. The molecule has 10 heteroatoms. The summed E-state index contributed by atoms with van der Waals surface area (Å²) in [5, 5.41) is 3.46. The fourth-order valence-corrected chi connectivity index (χ4v) is 3.10. The second kappa shape index (κ2) is 11.3. The molecule has 3 heterocycles. The van der Waals surface area contributed by atoms with Crippen molar-refractivity contribution >= 4 is 41.8 Å². The fraction of sp³-hybridized carbons (Fsp3) is 0.667. The number of nitrogens with zero attached hydrogens (tertiary/aromatic N) is 6. The van der Waals surface area contributed by atoms with E-state index in [1.165, 1.54) is 0 Å². The molecule has 1 unspecified atom stereocenters. The van der Waals surface area contributed by atoms with Crippen LogP contribution in [-0.2, 0) is 9.53 Å². The SMILES string of the molecule is CN(C)C(=O)CN=C(NCC1CCOC1)N1CCN(c2ncccn2)CC1.I. The lowest BCUT2D eigenvalue weighted by Gasteiger charge is -2.36. The molecule has 9 nitrogen and oxygen atoms in total. The highest BCUT2D eigenvalue weighted by Crippen LogP contribution is 2.12. The van der Waals surface area contributed by atoms with E-state index >= 15 is 0 Å². The number of hydrogen-bond acceptors (Lipinski definition) is 6. The van der Waals surface area contributed by atoms with E-state index in [2.05, 4.69) is 30.1 Å². The number of likely N-dealkylation sites (N-methyl/N-ethyl adjacent to an activating group) is 1. The first-order chi connectivity index (χ1) is 13.1. The molecule has 2 aliphatic heterocycles. The monoisotopic (exact) mass is 503 g/mol. The molecule has 3 rings (SSSR count). The lowest BCUT2D eigenvalue weighted by molar-refractivity contribution is -0.127. The van der Waals surface area contributed by atoms with Crippen LogP contribution in [0.2, 0.25) is 0 Å². The normalized spacial score (nSPS) is 19.9. The molecule has 1 N–H and O–H groups in total. The van der Waals surface area contributed by atoms with E-state index in [1.807, 2.05) is 6.07 Å². The van der Waals surface area contributed by atoms with Crippen LogP contribution in [0.25, 0.3) is 0 Å². The number of carbonyl (C=O) groups excluding carboxylic acids is 1. The van der Waals surface area contributed by atoms with Crippen LogP contribution in [0.3, 0.4) is 0 Å². The molecule has 1 amide bonds. The lowest BCUT2D eigenvalue weighted by atomic mass is 10.1. The summed E-state index contributed by atoms with van der Waals surface area (Å²) >= 11 is 0. The van der Waals surface area contributed by atoms with Crippen LogP contribution in [0.15, 0.2) is 23.5 Å². The zero-order chi connectivity index (χ0) is 19.1. The standard InChI is InChI=1S/C18H29N7O2.HI/c1-23(2)16(26)13-22-18(21-12-15-4-11-27-14-15)25-9-7-24(8-10-25)17-19-5-3-6-20-17;/h3,5-6,15H,4,7-14H2,1-2H3,(H,21,22);1H. The van der Waals surface area contributed by atoms with Crippen molar-refractivity contribution in [1.82, 2.24) is 25.1 Å². The molecule has 2 saturated heterocycles. The van der Waals surface area contributed by atoms with Crippen molar-refractivity contribution in [3.63, 3.8) is 0 Å². The first-order valence-corrected chi connectivity index (χ1v) is 9.46. The molecule has 0 aromatic carbocycles. The van der Waals surface area contributed by atoms with Crippen molar-refractivity contribution in [2.75, 3.05) is 71.5 Å². The number of amides is 1. The molecular formula is C18H30IN7O2. The highest BCUT2D eigenvalue weighted by molar-refractivity contribution is 14.0. The summed E-state index contributed by atoms with van der Waals surface area (Å²) in [6.45, 7) is 5.83. The van der Waals surface area contributed by atoms with Gasteiger partial charge in [0.05, 0.1) is 6.61 Å². The molecule has 1 aromatic rings. The fourth-order valence-electron chi connectivity index (χ4n) is 3.10. The maximum atomic E-state index is 12.0. The molecule has 28 heavy (non-hydrogen) atoms. The third-order valence-corrected chi connectivity index (χ3v) is 4.85. The third-order valence-electron chi connectivity index (χ3n) is 4.85. The van der Waals surface area contributed by atoms with Gasteiger partial charge in [-0.3, -0.25) is 4.79 Å². The van der Waals surface area contributed by atoms with E-state index in [4.69, 9.17) is 4.74 Å². The van der Waals surface area contributed by atoms with Crippen molar-refractivity contribution in [2.24, 2.45) is 10.9 Å². The Morgan fingerprint density at radius 3 is 2.61 bits per heavy atom. The van der Waals surface area contributed by atoms with Crippen molar-refractivity contribution in [3.05, 3.63) is 18.5 Å². The van der Waals surface area contributed by atoms with E-state index in [-0.39, 0.29) is 36.4 Å². The van der Waals surface area contributed by atoms with Crippen LogP contribution in [0, 0.1) is 5.92 Å². The Morgan fingerprint density at radius 1 is 1.29 bits per heavy atom. The average molecular weight is 503 g/mol. The topological polar surface area (TPSA) is 86.2 Å². The van der Waals surface area contributed by atoms with Crippen LogP contribution >= 0.6 is 24.0 Å². The molecular weight excluding hydrogens is 473 g/mol. The van der Waals surface area contributed by atoms with Crippen LogP contribution in [0.1, 0.15) is 6.42 Å². The minimum absolute atomic E-state index is 0. The summed E-state index contributed by atoms with van der Waals surface area (Å²) in [5.41, 5.74) is 0. The molecule has 0 bridgehead atoms. The van der Waals surface area contributed by atoms with Crippen molar-refractivity contribution in [2.45, 2.75) is 6.42 Å². The van der Waals surface area contributed by atoms with E-state index in [1.54, 1.807) is 31.4 Å². The van der Waals surface area contributed by atoms with E-state index < -0.39 is 0 Å². The number of nitrogens with one attached hydrogen (secondary N) is 1. The van der Waals surface area contributed by atoms with E-state index in [9.17, 15) is 4.79 Å². The zero-order valence-corrected chi connectivity index (χ0v) is 18.9. The smallest absolute Gasteiger partial charge is 0.243 e. The zero-order valence-electron chi connectivity index (χ0n) is 16.6. The summed E-state index contributed by atoms with van der Waals surface area (Å²) in [5.74, 6) is 2.05. The predicted molar refractivity (Wildman–Crippen MR) is 119 cm³/mol. The van der Waals surface area contributed by atoms with Gasteiger partial charge in [-0.1, -0.05) is 0 Å². The Morgan fingerprint density at radius 2 is 2.00 bits per heavy atom. The number of halogens is 1. The number of rotatable bonds is 5. The van der Waals surface area contributed by atoms with Gasteiger partial charge in [0.1, 0.15) is 6.54 Å². The number of ether oxygens (including phenoxy) is 1. The largest absolute Gasteiger partial charge is 0.381 e. The van der Waals surface area contributed by atoms with Gasteiger partial charge < -0.3 is 24.8 Å². The molecule has 156 valence electrons. The minimum atomic E-state index is -0.00480. The summed E-state index contributed by atoms with van der Waals surface area (Å²) in [7, 11) is 3.50. The number of guanidine groups is 1. The van der Waals surface area contributed by atoms with Gasteiger partial charge in [-0.05, 0) is 12.5 Å². The number of piperazine rings is 1. The Kier molecular flexibility index (Phi) is 9.16. The molecule has 0 aliphatic carbocycles. The number of hydrogen-bond donors (Lipinski definition) is 1. The molecule has 0 radical (unpaired) electrons. The maximum Gasteiger partial charge on any atom is 0.243 e. The van der Waals surface area contributed by atoms with Gasteiger partial charge in [0.2, 0.25) is 11.9 Å². The third kappa shape index (κ3) is 6.43. The molecule has 0 spiro atoms. The van der Waals surface area contributed by atoms with Gasteiger partial charge in [-0.25, -0.2) is 15.0 Å². The molecule has 1 aromatic heterocycles. The van der Waals surface area contributed by atoms with Gasteiger partial charge in [0.25, 0.3) is 0 Å². The van der Waals surface area contributed by atoms with Crippen molar-refractivity contribution in [1.29, 1.82) is 0 Å². The highest BCUT2D eigenvalue weighted by Gasteiger charge is 2.23. The second-order valence-corrected chi connectivity index (χ2v) is 7.06. The van der Waals surface area contributed by atoms with Crippen LogP contribution in [0.4, 0.5) is 5.95 Å². The number of anilines is 1. The minimum Gasteiger partial charge on any atom is -0.381 e. The number of carbonyl (C=O) groups is 1. The van der Waals surface area contributed by atoms with E-state index in [0.29, 0.717) is 5.92 Å². The summed E-state index contributed by atoms with van der Waals surface area (Å²) < 4.78 is 5.45. The summed E-state index contributed by atoms with van der Waals surface area (Å²) in [4.78, 5) is 31.1. The Labute approximate surface area is 183 Å². The van der Waals surface area contributed by atoms with Gasteiger partial charge in [0, 0.05) is 71.7 Å². The maximum absolute atomic E-state index is 12.0. The van der Waals surface area contributed by atoms with Crippen molar-refractivity contribution < 1.29 is 9.53 Å². The lowest BCUT2D eigenvalue weighted by Crippen LogP contribution is -2.53. The molecule has 2 aliphatic rings. The van der Waals surface area contributed by atoms with E-state index in [0.717, 1.165) is 64.3 Å². The highest BCUT2D eigenvalue weighted by atomic mass is 127. The van der Waals surface area contributed by atoms with Gasteiger partial charge in [-0.15, -0.1) is 24.0 Å². The summed E-state index contributed by atoms with van der Waals surface area (Å²) in [6.07, 6.45) is 4.59. The first-order valence-electron chi connectivity index (χ1n) is 9.46. The number of aromatic nitrogens is 2. The summed E-state index contributed by atoms with van der Waals surface area (Å²) in [6, 6.07) is 1.82. The predicted octanol–water partition coefficient (Wildman–Crippen LogP) is 0.287. The Hall–Kier alpha value is -1.69.